The number of hydrogen-bond donors (Lipinski definition) is 0. The summed E-state index contributed by atoms with van der Waals surface area (Å²) in [4.78, 5) is 18.0. The maximum Gasteiger partial charge on any atom is 0.241 e. The van der Waals surface area contributed by atoms with Gasteiger partial charge in [0, 0.05) is 32.0 Å². The molecule has 98 valence electrons. The summed E-state index contributed by atoms with van der Waals surface area (Å²) in [6.07, 6.45) is 0.955. The van der Waals surface area contributed by atoms with Gasteiger partial charge in [-0.3, -0.25) is 4.79 Å². The molecule has 4 nitrogen and oxygen atoms in total. The summed E-state index contributed by atoms with van der Waals surface area (Å²) < 4.78 is 0. The van der Waals surface area contributed by atoms with E-state index >= 15 is 0 Å². The topological polar surface area (TPSA) is 26.8 Å². The van der Waals surface area contributed by atoms with E-state index in [4.69, 9.17) is 0 Å². The first-order valence-electron chi connectivity index (χ1n) is 6.24. The highest BCUT2D eigenvalue weighted by molar-refractivity contribution is 5.97. The van der Waals surface area contributed by atoms with Crippen LogP contribution in [0.2, 0.25) is 0 Å². The first kappa shape index (κ1) is 12.9. The maximum absolute atomic E-state index is 12.1. The quantitative estimate of drug-likeness (QED) is 0.803. The Morgan fingerprint density at radius 2 is 2.00 bits per heavy atom. The Morgan fingerprint density at radius 1 is 1.28 bits per heavy atom. The molecule has 0 unspecified atom stereocenters. The molecule has 0 atom stereocenters. The highest BCUT2D eigenvalue weighted by Gasteiger charge is 2.24. The van der Waals surface area contributed by atoms with Crippen LogP contribution < -0.4 is 9.80 Å². The molecule has 18 heavy (non-hydrogen) atoms. The number of amides is 1. The van der Waals surface area contributed by atoms with Crippen molar-refractivity contribution in [1.29, 1.82) is 0 Å². The molecule has 0 spiro atoms. The Morgan fingerprint density at radius 3 is 2.61 bits per heavy atom. The van der Waals surface area contributed by atoms with Gasteiger partial charge in [0.2, 0.25) is 5.91 Å². The summed E-state index contributed by atoms with van der Waals surface area (Å²) in [5.41, 5.74) is 3.54. The first-order valence-corrected chi connectivity index (χ1v) is 6.24. The second-order valence-corrected chi connectivity index (χ2v) is 5.24. The van der Waals surface area contributed by atoms with Crippen LogP contribution in [0.25, 0.3) is 0 Å². The van der Waals surface area contributed by atoms with Crippen LogP contribution in [-0.4, -0.2) is 52.1 Å². The normalized spacial score (nSPS) is 13.9. The van der Waals surface area contributed by atoms with Gasteiger partial charge in [-0.2, -0.15) is 0 Å². The molecule has 0 aliphatic carbocycles. The van der Waals surface area contributed by atoms with Crippen LogP contribution >= 0.6 is 0 Å². The zero-order valence-electron chi connectivity index (χ0n) is 11.6. The SMILES string of the molecule is CN(C)CC(=O)N1CCc2cc(N(C)C)ccc21. The molecule has 0 saturated heterocycles. The van der Waals surface area contributed by atoms with Crippen molar-refractivity contribution >= 4 is 17.3 Å². The van der Waals surface area contributed by atoms with E-state index in [-0.39, 0.29) is 5.91 Å². The molecule has 1 amide bonds. The van der Waals surface area contributed by atoms with E-state index in [1.165, 1.54) is 11.3 Å². The monoisotopic (exact) mass is 247 g/mol. The molecule has 0 fully saturated rings. The molecular weight excluding hydrogens is 226 g/mol. The fourth-order valence-electron chi connectivity index (χ4n) is 2.28. The molecule has 1 aromatic carbocycles. The van der Waals surface area contributed by atoms with Crippen LogP contribution in [0, 0.1) is 0 Å². The first-order chi connectivity index (χ1) is 8.49. The fourth-order valence-corrected chi connectivity index (χ4v) is 2.28. The lowest BCUT2D eigenvalue weighted by atomic mass is 10.1. The Bertz CT molecular complexity index is 454. The molecule has 2 rings (SSSR count). The number of benzene rings is 1. The molecular formula is C14H21N3O. The summed E-state index contributed by atoms with van der Waals surface area (Å²) in [6, 6.07) is 6.31. The molecule has 0 saturated carbocycles. The molecule has 0 aromatic heterocycles. The second kappa shape index (κ2) is 4.98. The van der Waals surface area contributed by atoms with Gasteiger partial charge in [0.1, 0.15) is 0 Å². The van der Waals surface area contributed by atoms with Crippen LogP contribution in [0.15, 0.2) is 18.2 Å². The van der Waals surface area contributed by atoms with Gasteiger partial charge in [-0.1, -0.05) is 0 Å². The van der Waals surface area contributed by atoms with Crippen molar-refractivity contribution in [3.63, 3.8) is 0 Å². The number of carbonyl (C=O) groups excluding carboxylic acids is 1. The highest BCUT2D eigenvalue weighted by atomic mass is 16.2. The highest BCUT2D eigenvalue weighted by Crippen LogP contribution is 2.31. The van der Waals surface area contributed by atoms with Crippen molar-refractivity contribution in [1.82, 2.24) is 4.90 Å². The number of carbonyl (C=O) groups is 1. The van der Waals surface area contributed by atoms with Crippen molar-refractivity contribution in [2.45, 2.75) is 6.42 Å². The number of nitrogens with zero attached hydrogens (tertiary/aromatic N) is 3. The molecule has 1 aliphatic heterocycles. The zero-order chi connectivity index (χ0) is 13.3. The lowest BCUT2D eigenvalue weighted by molar-refractivity contribution is -0.119. The van der Waals surface area contributed by atoms with Gasteiger partial charge in [-0.05, 0) is 44.3 Å². The van der Waals surface area contributed by atoms with Crippen molar-refractivity contribution in [3.8, 4) is 0 Å². The van der Waals surface area contributed by atoms with Crippen LogP contribution in [0.4, 0.5) is 11.4 Å². The van der Waals surface area contributed by atoms with Gasteiger partial charge in [0.15, 0.2) is 0 Å². The van der Waals surface area contributed by atoms with Gasteiger partial charge in [-0.25, -0.2) is 0 Å². The lowest BCUT2D eigenvalue weighted by Crippen LogP contribution is -2.36. The number of likely N-dealkylation sites (N-methyl/N-ethyl adjacent to an activating group) is 1. The van der Waals surface area contributed by atoms with E-state index in [2.05, 4.69) is 23.1 Å². The van der Waals surface area contributed by atoms with E-state index in [9.17, 15) is 4.79 Å². The second-order valence-electron chi connectivity index (χ2n) is 5.24. The summed E-state index contributed by atoms with van der Waals surface area (Å²) >= 11 is 0. The third-order valence-corrected chi connectivity index (χ3v) is 3.23. The summed E-state index contributed by atoms with van der Waals surface area (Å²) in [6.45, 7) is 1.27. The molecule has 4 heteroatoms. The summed E-state index contributed by atoms with van der Waals surface area (Å²) in [5, 5.41) is 0. The molecule has 1 aliphatic rings. The Balaban J connectivity index is 2.21. The third kappa shape index (κ3) is 2.48. The van der Waals surface area contributed by atoms with Gasteiger partial charge < -0.3 is 14.7 Å². The van der Waals surface area contributed by atoms with Crippen LogP contribution in [0.5, 0.6) is 0 Å². The van der Waals surface area contributed by atoms with E-state index in [1.807, 2.05) is 38.0 Å². The Kier molecular flexibility index (Phi) is 3.57. The van der Waals surface area contributed by atoms with Crippen LogP contribution in [0.1, 0.15) is 5.56 Å². The van der Waals surface area contributed by atoms with E-state index in [0.717, 1.165) is 18.7 Å². The van der Waals surface area contributed by atoms with Crippen LogP contribution in [-0.2, 0) is 11.2 Å². The number of rotatable bonds is 3. The largest absolute Gasteiger partial charge is 0.378 e. The molecule has 1 heterocycles. The summed E-state index contributed by atoms with van der Waals surface area (Å²) in [7, 11) is 7.91. The van der Waals surface area contributed by atoms with Crippen molar-refractivity contribution < 1.29 is 4.79 Å². The number of anilines is 2. The van der Waals surface area contributed by atoms with E-state index < -0.39 is 0 Å². The van der Waals surface area contributed by atoms with Gasteiger partial charge in [0.25, 0.3) is 0 Å². The number of hydrogen-bond acceptors (Lipinski definition) is 3. The number of fused-ring (bicyclic) bond motifs is 1. The Hall–Kier alpha value is -1.55. The van der Waals surface area contributed by atoms with Crippen molar-refractivity contribution in [3.05, 3.63) is 23.8 Å². The zero-order valence-corrected chi connectivity index (χ0v) is 11.6. The minimum atomic E-state index is 0.177. The van der Waals surface area contributed by atoms with Gasteiger partial charge in [0.05, 0.1) is 6.54 Å². The standard InChI is InChI=1S/C14H21N3O/c1-15(2)10-14(18)17-8-7-11-9-12(16(3)4)5-6-13(11)17/h5-6,9H,7-8,10H2,1-4H3. The molecule has 0 N–H and O–H groups in total. The lowest BCUT2D eigenvalue weighted by Gasteiger charge is -2.20. The molecule has 0 radical (unpaired) electrons. The van der Waals surface area contributed by atoms with E-state index in [0.29, 0.717) is 6.54 Å². The van der Waals surface area contributed by atoms with Gasteiger partial charge in [-0.15, -0.1) is 0 Å². The third-order valence-electron chi connectivity index (χ3n) is 3.23. The minimum absolute atomic E-state index is 0.177. The fraction of sp³-hybridized carbons (Fsp3) is 0.500. The Labute approximate surface area is 109 Å². The predicted molar refractivity (Wildman–Crippen MR) is 75.4 cm³/mol. The smallest absolute Gasteiger partial charge is 0.241 e. The van der Waals surface area contributed by atoms with Crippen molar-refractivity contribution in [2.75, 3.05) is 51.1 Å². The van der Waals surface area contributed by atoms with Gasteiger partial charge >= 0.3 is 0 Å². The molecule has 1 aromatic rings. The average molecular weight is 247 g/mol. The van der Waals surface area contributed by atoms with Crippen molar-refractivity contribution in [2.24, 2.45) is 0 Å². The van der Waals surface area contributed by atoms with Crippen LogP contribution in [0.3, 0.4) is 0 Å². The molecule has 0 bridgehead atoms. The minimum Gasteiger partial charge on any atom is -0.378 e. The predicted octanol–water partition coefficient (Wildman–Crippen LogP) is 1.20. The van der Waals surface area contributed by atoms with E-state index in [1.54, 1.807) is 0 Å². The maximum atomic E-state index is 12.1. The summed E-state index contributed by atoms with van der Waals surface area (Å²) in [5.74, 6) is 0.177. The average Bonchev–Trinajstić information content (AvgIpc) is 2.70.